The fraction of sp³-hybridized carbons (Fsp3) is 0.538. The lowest BCUT2D eigenvalue weighted by Gasteiger charge is -2.13. The number of carbonyl (C=O) groups is 1. The Bertz CT molecular complexity index is 618. The fourth-order valence-corrected chi connectivity index (χ4v) is 2.83. The largest absolute Gasteiger partial charge is 0.341 e. The van der Waals surface area contributed by atoms with Crippen LogP contribution in [-0.2, 0) is 4.79 Å². The minimum Gasteiger partial charge on any atom is -0.341 e. The summed E-state index contributed by atoms with van der Waals surface area (Å²) in [5.74, 6) is 0.261. The van der Waals surface area contributed by atoms with Gasteiger partial charge < -0.3 is 4.98 Å². The number of H-pyrrole nitrogens is 1. The summed E-state index contributed by atoms with van der Waals surface area (Å²) < 4.78 is 0. The van der Waals surface area contributed by atoms with E-state index in [0.717, 1.165) is 25.7 Å². The van der Waals surface area contributed by atoms with Crippen molar-refractivity contribution in [3.8, 4) is 0 Å². The summed E-state index contributed by atoms with van der Waals surface area (Å²) in [7, 11) is 0. The Morgan fingerprint density at radius 1 is 1.25 bits per heavy atom. The van der Waals surface area contributed by atoms with Crippen molar-refractivity contribution in [2.75, 3.05) is 5.32 Å². The molecule has 2 aromatic heterocycles. The summed E-state index contributed by atoms with van der Waals surface area (Å²) in [5, 5.41) is 3.03. The molecule has 1 aliphatic carbocycles. The monoisotopic (exact) mass is 293 g/mol. The summed E-state index contributed by atoms with van der Waals surface area (Å²) in [5.41, 5.74) is 1.04. The molecule has 7 heteroatoms. The molecule has 106 valence electrons. The van der Waals surface area contributed by atoms with E-state index in [4.69, 9.17) is 11.6 Å². The lowest BCUT2D eigenvalue weighted by Crippen LogP contribution is -2.23. The van der Waals surface area contributed by atoms with Gasteiger partial charge in [-0.2, -0.15) is 9.97 Å². The minimum absolute atomic E-state index is 0.0159. The van der Waals surface area contributed by atoms with Crippen LogP contribution in [0.2, 0.25) is 5.15 Å². The molecule has 3 rings (SSSR count). The van der Waals surface area contributed by atoms with Gasteiger partial charge in [0.15, 0.2) is 10.8 Å². The van der Waals surface area contributed by atoms with Crippen molar-refractivity contribution < 1.29 is 4.79 Å². The van der Waals surface area contributed by atoms with E-state index in [1.54, 1.807) is 0 Å². The number of nitrogens with one attached hydrogen (secondary N) is 2. The highest BCUT2D eigenvalue weighted by Gasteiger charge is 2.21. The van der Waals surface area contributed by atoms with Crippen molar-refractivity contribution in [1.29, 1.82) is 0 Å². The van der Waals surface area contributed by atoms with Crippen LogP contribution in [0.25, 0.3) is 11.2 Å². The van der Waals surface area contributed by atoms with E-state index in [1.807, 2.05) is 0 Å². The molecule has 0 aliphatic heterocycles. The zero-order chi connectivity index (χ0) is 13.9. The molecular formula is C13H16ClN5O. The second-order valence-corrected chi connectivity index (χ2v) is 5.47. The molecule has 0 unspecified atom stereocenters. The summed E-state index contributed by atoms with van der Waals surface area (Å²) in [6.45, 7) is 0. The van der Waals surface area contributed by atoms with Gasteiger partial charge in [-0.15, -0.1) is 0 Å². The summed E-state index contributed by atoms with van der Waals surface area (Å²) >= 11 is 6.03. The number of amides is 1. The molecule has 0 spiro atoms. The predicted molar refractivity (Wildman–Crippen MR) is 76.5 cm³/mol. The standard InChI is InChI=1S/C13H16ClN5O/c14-10-9-11(16-7-15-9)18-13(17-10)19-12(20)8-5-3-1-2-4-6-8/h7-8H,1-6H2,(H2,15,16,17,18,19,20). The third-order valence-corrected chi connectivity index (χ3v) is 3.98. The lowest BCUT2D eigenvalue weighted by molar-refractivity contribution is -0.120. The second kappa shape index (κ2) is 5.75. The van der Waals surface area contributed by atoms with Crippen molar-refractivity contribution in [3.05, 3.63) is 11.5 Å². The van der Waals surface area contributed by atoms with Crippen molar-refractivity contribution in [1.82, 2.24) is 19.9 Å². The topological polar surface area (TPSA) is 83.6 Å². The number of carbonyl (C=O) groups excluding carboxylic acids is 1. The summed E-state index contributed by atoms with van der Waals surface area (Å²) in [6.07, 6.45) is 8.02. The van der Waals surface area contributed by atoms with E-state index < -0.39 is 0 Å². The molecule has 1 fully saturated rings. The number of aromatic amines is 1. The Morgan fingerprint density at radius 2 is 2.00 bits per heavy atom. The van der Waals surface area contributed by atoms with Crippen LogP contribution >= 0.6 is 11.6 Å². The average Bonchev–Trinajstić information content (AvgIpc) is 2.73. The molecule has 0 atom stereocenters. The van der Waals surface area contributed by atoms with Crippen molar-refractivity contribution in [3.63, 3.8) is 0 Å². The highest BCUT2D eigenvalue weighted by molar-refractivity contribution is 6.33. The summed E-state index contributed by atoms with van der Waals surface area (Å²) in [4.78, 5) is 27.4. The minimum atomic E-state index is -0.0159. The third-order valence-electron chi connectivity index (χ3n) is 3.70. The van der Waals surface area contributed by atoms with Crippen molar-refractivity contribution in [2.45, 2.75) is 38.5 Å². The van der Waals surface area contributed by atoms with Crippen LogP contribution in [0.1, 0.15) is 38.5 Å². The molecule has 0 aromatic carbocycles. The van der Waals surface area contributed by atoms with Gasteiger partial charge >= 0.3 is 0 Å². The molecule has 2 heterocycles. The van der Waals surface area contributed by atoms with Gasteiger partial charge in [0, 0.05) is 5.92 Å². The van der Waals surface area contributed by atoms with Gasteiger partial charge in [0.1, 0.15) is 5.52 Å². The van der Waals surface area contributed by atoms with Crippen molar-refractivity contribution >= 4 is 34.6 Å². The van der Waals surface area contributed by atoms with E-state index in [0.29, 0.717) is 11.2 Å². The zero-order valence-electron chi connectivity index (χ0n) is 11.0. The van der Waals surface area contributed by atoms with Gasteiger partial charge in [-0.3, -0.25) is 10.1 Å². The average molecular weight is 294 g/mol. The highest BCUT2D eigenvalue weighted by Crippen LogP contribution is 2.24. The molecule has 0 radical (unpaired) electrons. The first kappa shape index (κ1) is 13.3. The number of hydrogen-bond donors (Lipinski definition) is 2. The predicted octanol–water partition coefficient (Wildman–Crippen LogP) is 2.92. The van der Waals surface area contributed by atoms with Gasteiger partial charge in [-0.1, -0.05) is 37.3 Å². The first-order valence-electron chi connectivity index (χ1n) is 6.91. The molecule has 0 bridgehead atoms. The van der Waals surface area contributed by atoms with E-state index in [-0.39, 0.29) is 22.9 Å². The molecule has 1 aliphatic rings. The number of rotatable bonds is 2. The Balaban J connectivity index is 1.76. The van der Waals surface area contributed by atoms with E-state index in [1.165, 1.54) is 19.2 Å². The smallest absolute Gasteiger partial charge is 0.233 e. The molecular weight excluding hydrogens is 278 g/mol. The second-order valence-electron chi connectivity index (χ2n) is 5.12. The van der Waals surface area contributed by atoms with Crippen LogP contribution in [0.15, 0.2) is 6.33 Å². The van der Waals surface area contributed by atoms with E-state index in [2.05, 4.69) is 25.3 Å². The van der Waals surface area contributed by atoms with E-state index in [9.17, 15) is 4.79 Å². The Kier molecular flexibility index (Phi) is 3.82. The Labute approximate surface area is 121 Å². The molecule has 0 saturated heterocycles. The Hall–Kier alpha value is -1.69. The number of fused-ring (bicyclic) bond motifs is 1. The first-order chi connectivity index (χ1) is 9.74. The maximum Gasteiger partial charge on any atom is 0.233 e. The lowest BCUT2D eigenvalue weighted by atomic mass is 10.00. The van der Waals surface area contributed by atoms with Crippen LogP contribution in [0, 0.1) is 5.92 Å². The van der Waals surface area contributed by atoms with Gasteiger partial charge in [0.25, 0.3) is 0 Å². The van der Waals surface area contributed by atoms with Crippen LogP contribution in [-0.4, -0.2) is 25.8 Å². The number of imidazole rings is 1. The molecule has 20 heavy (non-hydrogen) atoms. The molecule has 1 amide bonds. The maximum atomic E-state index is 12.2. The van der Waals surface area contributed by atoms with Crippen LogP contribution in [0.4, 0.5) is 5.95 Å². The first-order valence-corrected chi connectivity index (χ1v) is 7.29. The third kappa shape index (κ3) is 2.75. The summed E-state index contributed by atoms with van der Waals surface area (Å²) in [6, 6.07) is 0. The van der Waals surface area contributed by atoms with Gasteiger partial charge in [-0.05, 0) is 12.8 Å². The molecule has 1 saturated carbocycles. The highest BCUT2D eigenvalue weighted by atomic mass is 35.5. The number of anilines is 1. The van der Waals surface area contributed by atoms with Crippen molar-refractivity contribution in [2.24, 2.45) is 5.92 Å². The van der Waals surface area contributed by atoms with Gasteiger partial charge in [0.2, 0.25) is 11.9 Å². The molecule has 6 nitrogen and oxygen atoms in total. The zero-order valence-corrected chi connectivity index (χ0v) is 11.8. The number of nitrogens with zero attached hydrogens (tertiary/aromatic N) is 3. The van der Waals surface area contributed by atoms with E-state index >= 15 is 0 Å². The van der Waals surface area contributed by atoms with Crippen LogP contribution < -0.4 is 5.32 Å². The van der Waals surface area contributed by atoms with Gasteiger partial charge in [-0.25, -0.2) is 4.98 Å². The van der Waals surface area contributed by atoms with Crippen LogP contribution in [0.3, 0.4) is 0 Å². The fourth-order valence-electron chi connectivity index (χ4n) is 2.61. The number of hydrogen-bond acceptors (Lipinski definition) is 4. The molecule has 2 aromatic rings. The number of halogens is 1. The quantitative estimate of drug-likeness (QED) is 0.659. The van der Waals surface area contributed by atoms with Gasteiger partial charge in [0.05, 0.1) is 6.33 Å². The Morgan fingerprint density at radius 3 is 2.75 bits per heavy atom. The normalized spacial score (nSPS) is 17.1. The SMILES string of the molecule is O=C(Nc1nc(Cl)c2[nH]cnc2n1)C1CCCCCC1. The molecule has 2 N–H and O–H groups in total. The number of aromatic nitrogens is 4. The van der Waals surface area contributed by atoms with Crippen LogP contribution in [0.5, 0.6) is 0 Å². The maximum absolute atomic E-state index is 12.2.